The predicted molar refractivity (Wildman–Crippen MR) is 77.4 cm³/mol. The lowest BCUT2D eigenvalue weighted by molar-refractivity contribution is 0.104. The van der Waals surface area contributed by atoms with Crippen molar-refractivity contribution in [3.63, 3.8) is 0 Å². The van der Waals surface area contributed by atoms with Crippen LogP contribution in [0.3, 0.4) is 0 Å². The summed E-state index contributed by atoms with van der Waals surface area (Å²) in [6.07, 6.45) is 7.72. The number of carbonyl (C=O) groups excluding carboxylic acids is 1. The van der Waals surface area contributed by atoms with E-state index in [4.69, 9.17) is 0 Å². The highest BCUT2D eigenvalue weighted by Gasteiger charge is 2.18. The fourth-order valence-electron chi connectivity index (χ4n) is 2.76. The van der Waals surface area contributed by atoms with Gasteiger partial charge in [0, 0.05) is 50.1 Å². The highest BCUT2D eigenvalue weighted by molar-refractivity contribution is 6.13. The summed E-state index contributed by atoms with van der Waals surface area (Å²) >= 11 is 0. The number of nitrogens with zero attached hydrogens (tertiary/aromatic N) is 2. The van der Waals surface area contributed by atoms with E-state index in [1.54, 1.807) is 12.3 Å². The molecule has 0 saturated carbocycles. The normalized spacial score (nSPS) is 14.2. The van der Waals surface area contributed by atoms with Crippen LogP contribution in [-0.4, -0.2) is 29.3 Å². The van der Waals surface area contributed by atoms with Gasteiger partial charge in [-0.2, -0.15) is 0 Å². The number of hydrogen-bond donors (Lipinski definition) is 0. The monoisotopic (exact) mass is 254 g/mol. The van der Waals surface area contributed by atoms with E-state index >= 15 is 0 Å². The molecule has 0 unspecified atom stereocenters. The van der Waals surface area contributed by atoms with Crippen molar-refractivity contribution in [1.29, 1.82) is 0 Å². The molecule has 2 heterocycles. The van der Waals surface area contributed by atoms with E-state index in [0.717, 1.165) is 30.3 Å². The molecule has 3 rings (SSSR count). The minimum atomic E-state index is 0.0801. The molecule has 0 radical (unpaired) electrons. The molecule has 0 aliphatic carbocycles. The second kappa shape index (κ2) is 4.57. The zero-order chi connectivity index (χ0) is 13.4. The Morgan fingerprint density at radius 3 is 3.00 bits per heavy atom. The maximum Gasteiger partial charge on any atom is 0.189 e. The first-order valence-electron chi connectivity index (χ1n) is 6.66. The molecule has 0 N–H and O–H groups in total. The van der Waals surface area contributed by atoms with Crippen LogP contribution in [0.5, 0.6) is 0 Å². The van der Waals surface area contributed by atoms with Gasteiger partial charge in [0.05, 0.1) is 5.52 Å². The SMILES string of the molecule is CN(C)C=CC(=O)c1cn2c3c(cccc13)CCC2. The quantitative estimate of drug-likeness (QED) is 0.621. The van der Waals surface area contributed by atoms with E-state index in [9.17, 15) is 4.79 Å². The molecule has 2 aromatic rings. The molecule has 1 aromatic carbocycles. The summed E-state index contributed by atoms with van der Waals surface area (Å²) in [6.45, 7) is 1.01. The van der Waals surface area contributed by atoms with Crippen molar-refractivity contribution in [3.05, 3.63) is 47.8 Å². The summed E-state index contributed by atoms with van der Waals surface area (Å²) in [7, 11) is 3.83. The number of hydrogen-bond acceptors (Lipinski definition) is 2. The van der Waals surface area contributed by atoms with Crippen LogP contribution in [0.1, 0.15) is 22.3 Å². The van der Waals surface area contributed by atoms with Crippen molar-refractivity contribution in [3.8, 4) is 0 Å². The number of allylic oxidation sites excluding steroid dienone is 1. The van der Waals surface area contributed by atoms with Crippen LogP contribution in [-0.2, 0) is 13.0 Å². The molecular formula is C16H18N2O. The molecule has 3 nitrogen and oxygen atoms in total. The highest BCUT2D eigenvalue weighted by atomic mass is 16.1. The van der Waals surface area contributed by atoms with Crippen LogP contribution in [0.15, 0.2) is 36.7 Å². The standard InChI is InChI=1S/C16H18N2O/c1-17(2)10-8-15(19)14-11-18-9-4-6-12-5-3-7-13(14)16(12)18/h3,5,7-8,10-11H,4,6,9H2,1-2H3. The van der Waals surface area contributed by atoms with Gasteiger partial charge in [-0.1, -0.05) is 18.2 Å². The van der Waals surface area contributed by atoms with Gasteiger partial charge in [-0.05, 0) is 18.4 Å². The first kappa shape index (κ1) is 12.0. The van der Waals surface area contributed by atoms with Crippen LogP contribution in [0.2, 0.25) is 0 Å². The van der Waals surface area contributed by atoms with E-state index in [1.165, 1.54) is 11.1 Å². The number of aryl methyl sites for hydroxylation is 2. The number of carbonyl (C=O) groups is 1. The number of rotatable bonds is 3. The Kier molecular flexibility index (Phi) is 2.90. The third-order valence-corrected chi connectivity index (χ3v) is 3.62. The van der Waals surface area contributed by atoms with Crippen LogP contribution in [0.25, 0.3) is 10.9 Å². The van der Waals surface area contributed by atoms with Crippen LogP contribution >= 0.6 is 0 Å². The Morgan fingerprint density at radius 2 is 2.21 bits per heavy atom. The topological polar surface area (TPSA) is 25.2 Å². The van der Waals surface area contributed by atoms with Gasteiger partial charge >= 0.3 is 0 Å². The smallest absolute Gasteiger partial charge is 0.189 e. The number of para-hydroxylation sites is 1. The molecule has 1 aliphatic rings. The van der Waals surface area contributed by atoms with Crippen LogP contribution in [0.4, 0.5) is 0 Å². The largest absolute Gasteiger partial charge is 0.383 e. The van der Waals surface area contributed by atoms with Gasteiger partial charge in [0.1, 0.15) is 0 Å². The molecule has 0 amide bonds. The molecule has 19 heavy (non-hydrogen) atoms. The lowest BCUT2D eigenvalue weighted by atomic mass is 10.0. The van der Waals surface area contributed by atoms with Crippen molar-refractivity contribution in [2.75, 3.05) is 14.1 Å². The molecule has 3 heteroatoms. The Hall–Kier alpha value is -2.03. The van der Waals surface area contributed by atoms with E-state index < -0.39 is 0 Å². The van der Waals surface area contributed by atoms with E-state index in [-0.39, 0.29) is 5.78 Å². The van der Waals surface area contributed by atoms with Crippen molar-refractivity contribution < 1.29 is 4.79 Å². The third kappa shape index (κ3) is 2.05. The minimum Gasteiger partial charge on any atom is -0.383 e. The number of benzene rings is 1. The van der Waals surface area contributed by atoms with Gasteiger partial charge in [-0.25, -0.2) is 0 Å². The average molecular weight is 254 g/mol. The number of aromatic nitrogens is 1. The lowest BCUT2D eigenvalue weighted by Gasteiger charge is -2.14. The summed E-state index contributed by atoms with van der Waals surface area (Å²) in [5.41, 5.74) is 3.42. The predicted octanol–water partition coefficient (Wildman–Crippen LogP) is 2.85. The van der Waals surface area contributed by atoms with E-state index in [2.05, 4.69) is 22.8 Å². The molecule has 98 valence electrons. The van der Waals surface area contributed by atoms with Crippen LogP contribution in [0, 0.1) is 0 Å². The number of ketones is 1. The Balaban J connectivity index is 2.11. The summed E-state index contributed by atoms with van der Waals surface area (Å²) in [4.78, 5) is 14.2. The lowest BCUT2D eigenvalue weighted by Crippen LogP contribution is -2.05. The zero-order valence-corrected chi connectivity index (χ0v) is 11.4. The zero-order valence-electron chi connectivity index (χ0n) is 11.4. The second-order valence-electron chi connectivity index (χ2n) is 5.30. The van der Waals surface area contributed by atoms with E-state index in [0.29, 0.717) is 0 Å². The average Bonchev–Trinajstić information content (AvgIpc) is 2.78. The molecule has 0 fully saturated rings. The first-order valence-corrected chi connectivity index (χ1v) is 6.66. The van der Waals surface area contributed by atoms with Gasteiger partial charge in [-0.3, -0.25) is 4.79 Å². The summed E-state index contributed by atoms with van der Waals surface area (Å²) in [6, 6.07) is 6.28. The summed E-state index contributed by atoms with van der Waals surface area (Å²) in [5.74, 6) is 0.0801. The van der Waals surface area contributed by atoms with Crippen molar-refractivity contribution in [1.82, 2.24) is 9.47 Å². The van der Waals surface area contributed by atoms with Crippen molar-refractivity contribution in [2.45, 2.75) is 19.4 Å². The molecule has 1 aromatic heterocycles. The van der Waals surface area contributed by atoms with Crippen molar-refractivity contribution >= 4 is 16.7 Å². The van der Waals surface area contributed by atoms with E-state index in [1.807, 2.05) is 25.2 Å². The fraction of sp³-hybridized carbons (Fsp3) is 0.312. The van der Waals surface area contributed by atoms with Gasteiger partial charge in [-0.15, -0.1) is 0 Å². The van der Waals surface area contributed by atoms with Gasteiger partial charge in [0.25, 0.3) is 0 Å². The highest BCUT2D eigenvalue weighted by Crippen LogP contribution is 2.29. The summed E-state index contributed by atoms with van der Waals surface area (Å²) in [5, 5.41) is 1.09. The maximum absolute atomic E-state index is 12.3. The van der Waals surface area contributed by atoms with Crippen molar-refractivity contribution in [2.24, 2.45) is 0 Å². The Labute approximate surface area is 113 Å². The second-order valence-corrected chi connectivity index (χ2v) is 5.30. The Morgan fingerprint density at radius 1 is 1.37 bits per heavy atom. The maximum atomic E-state index is 12.3. The van der Waals surface area contributed by atoms with Gasteiger partial charge < -0.3 is 9.47 Å². The molecule has 0 atom stereocenters. The van der Waals surface area contributed by atoms with Gasteiger partial charge in [0.2, 0.25) is 0 Å². The molecule has 1 aliphatic heterocycles. The molecule has 0 saturated heterocycles. The molecule has 0 bridgehead atoms. The van der Waals surface area contributed by atoms with Gasteiger partial charge in [0.15, 0.2) is 5.78 Å². The Bertz CT molecular complexity index is 665. The minimum absolute atomic E-state index is 0.0801. The fourth-order valence-corrected chi connectivity index (χ4v) is 2.76. The molecule has 0 spiro atoms. The summed E-state index contributed by atoms with van der Waals surface area (Å²) < 4.78 is 2.23. The first-order chi connectivity index (χ1) is 9.16. The third-order valence-electron chi connectivity index (χ3n) is 3.62. The molecular weight excluding hydrogens is 236 g/mol. The van der Waals surface area contributed by atoms with Crippen LogP contribution < -0.4 is 0 Å².